The number of anilines is 1. The fraction of sp³-hybridized carbons (Fsp3) is 0.650. The van der Waals surface area contributed by atoms with E-state index in [0.29, 0.717) is 11.8 Å². The number of nitrogens with zero attached hydrogens (tertiary/aromatic N) is 1. The van der Waals surface area contributed by atoms with Crippen molar-refractivity contribution in [2.45, 2.75) is 51.1 Å². The average molecular weight is 400 g/mol. The maximum Gasteiger partial charge on any atom is 0.225 e. The Morgan fingerprint density at radius 3 is 2.54 bits per heavy atom. The third-order valence-electron chi connectivity index (χ3n) is 6.48. The number of hydrogen-bond acceptors (Lipinski definition) is 3. The smallest absolute Gasteiger partial charge is 0.225 e. The zero-order valence-electron chi connectivity index (χ0n) is 15.4. The van der Waals surface area contributed by atoms with E-state index in [4.69, 9.17) is 5.73 Å². The molecule has 4 rings (SSSR count). The highest BCUT2D eigenvalue weighted by molar-refractivity contribution is 5.85. The SMILES string of the molecule is CC(NC(=O)C1C2CCC(C2)C1N)c1cccc(N2CCCC2)c1.Cl.Cl. The molecule has 1 amide bonds. The van der Waals surface area contributed by atoms with Crippen molar-refractivity contribution in [1.29, 1.82) is 0 Å². The molecule has 0 radical (unpaired) electrons. The van der Waals surface area contributed by atoms with E-state index < -0.39 is 0 Å². The first-order chi connectivity index (χ1) is 11.6. The fourth-order valence-electron chi connectivity index (χ4n) is 5.08. The summed E-state index contributed by atoms with van der Waals surface area (Å²) in [6, 6.07) is 8.73. The summed E-state index contributed by atoms with van der Waals surface area (Å²) in [7, 11) is 0. The summed E-state index contributed by atoms with van der Waals surface area (Å²) < 4.78 is 0. The van der Waals surface area contributed by atoms with E-state index in [1.807, 2.05) is 0 Å². The molecule has 1 heterocycles. The first kappa shape index (κ1) is 21.3. The van der Waals surface area contributed by atoms with Crippen LogP contribution in [0.3, 0.4) is 0 Å². The lowest BCUT2D eigenvalue weighted by molar-refractivity contribution is -0.127. The van der Waals surface area contributed by atoms with Crippen LogP contribution in [0.1, 0.15) is 50.6 Å². The van der Waals surface area contributed by atoms with Crippen LogP contribution in [0.15, 0.2) is 24.3 Å². The summed E-state index contributed by atoms with van der Waals surface area (Å²) in [6.45, 7) is 4.37. The van der Waals surface area contributed by atoms with Gasteiger partial charge in [-0.3, -0.25) is 4.79 Å². The predicted octanol–water partition coefficient (Wildman–Crippen LogP) is 3.68. The highest BCUT2D eigenvalue weighted by Gasteiger charge is 2.49. The van der Waals surface area contributed by atoms with Gasteiger partial charge in [-0.15, -0.1) is 24.8 Å². The van der Waals surface area contributed by atoms with Crippen molar-refractivity contribution in [3.05, 3.63) is 29.8 Å². The van der Waals surface area contributed by atoms with Gasteiger partial charge in [0.25, 0.3) is 0 Å². The summed E-state index contributed by atoms with van der Waals surface area (Å²) in [5.41, 5.74) is 8.78. The number of carbonyl (C=O) groups excluding carboxylic acids is 1. The van der Waals surface area contributed by atoms with Crippen LogP contribution in [0.2, 0.25) is 0 Å². The largest absolute Gasteiger partial charge is 0.372 e. The molecule has 1 saturated heterocycles. The zero-order chi connectivity index (χ0) is 16.7. The minimum absolute atomic E-state index is 0. The van der Waals surface area contributed by atoms with Gasteiger partial charge in [0.2, 0.25) is 5.91 Å². The fourth-order valence-corrected chi connectivity index (χ4v) is 5.08. The average Bonchev–Trinajstić information content (AvgIpc) is 3.32. The van der Waals surface area contributed by atoms with E-state index in [1.165, 1.54) is 36.9 Å². The lowest BCUT2D eigenvalue weighted by atomic mass is 9.84. The molecule has 3 aliphatic rings. The second-order valence-electron chi connectivity index (χ2n) is 7.96. The molecule has 5 unspecified atom stereocenters. The third kappa shape index (κ3) is 3.97. The van der Waals surface area contributed by atoms with Gasteiger partial charge in [-0.05, 0) is 68.6 Å². The minimum atomic E-state index is 0. The first-order valence-electron chi connectivity index (χ1n) is 9.54. The Morgan fingerprint density at radius 2 is 1.88 bits per heavy atom. The van der Waals surface area contributed by atoms with Crippen molar-refractivity contribution in [3.8, 4) is 0 Å². The van der Waals surface area contributed by atoms with Crippen molar-refractivity contribution in [2.24, 2.45) is 23.5 Å². The van der Waals surface area contributed by atoms with Crippen LogP contribution in [0, 0.1) is 17.8 Å². The van der Waals surface area contributed by atoms with Crippen LogP contribution in [-0.2, 0) is 4.79 Å². The number of rotatable bonds is 4. The van der Waals surface area contributed by atoms with Crippen molar-refractivity contribution >= 4 is 36.4 Å². The molecule has 0 spiro atoms. The number of benzene rings is 1. The topological polar surface area (TPSA) is 58.4 Å². The van der Waals surface area contributed by atoms with E-state index in [1.54, 1.807) is 0 Å². The van der Waals surface area contributed by atoms with Crippen LogP contribution in [0.4, 0.5) is 5.69 Å². The number of amides is 1. The Hall–Kier alpha value is -0.970. The molecule has 3 fully saturated rings. The third-order valence-corrected chi connectivity index (χ3v) is 6.48. The Kier molecular flexibility index (Phi) is 7.23. The number of nitrogens with one attached hydrogen (secondary N) is 1. The van der Waals surface area contributed by atoms with Gasteiger partial charge in [-0.2, -0.15) is 0 Å². The summed E-state index contributed by atoms with van der Waals surface area (Å²) in [5, 5.41) is 3.23. The van der Waals surface area contributed by atoms with Crippen molar-refractivity contribution in [3.63, 3.8) is 0 Å². The Bertz CT molecular complexity index is 619. The molecule has 0 aromatic heterocycles. The zero-order valence-corrected chi connectivity index (χ0v) is 17.0. The van der Waals surface area contributed by atoms with Gasteiger partial charge in [0.1, 0.15) is 0 Å². The Morgan fingerprint density at radius 1 is 1.19 bits per heavy atom. The van der Waals surface area contributed by atoms with Gasteiger partial charge in [-0.1, -0.05) is 12.1 Å². The summed E-state index contributed by atoms with van der Waals surface area (Å²) in [5.74, 6) is 1.26. The van der Waals surface area contributed by atoms with Crippen LogP contribution in [0.25, 0.3) is 0 Å². The quantitative estimate of drug-likeness (QED) is 0.811. The summed E-state index contributed by atoms with van der Waals surface area (Å²) in [6.07, 6.45) is 6.09. The molecule has 1 aliphatic heterocycles. The first-order valence-corrected chi connectivity index (χ1v) is 9.54. The molecule has 4 nitrogen and oxygen atoms in total. The van der Waals surface area contributed by atoms with E-state index in [0.717, 1.165) is 19.5 Å². The van der Waals surface area contributed by atoms with Crippen LogP contribution >= 0.6 is 24.8 Å². The van der Waals surface area contributed by atoms with Gasteiger partial charge in [0, 0.05) is 24.8 Å². The molecule has 1 aromatic carbocycles. The minimum Gasteiger partial charge on any atom is -0.372 e. The molecular weight excluding hydrogens is 369 g/mol. The number of fused-ring (bicyclic) bond motifs is 2. The Balaban J connectivity index is 0.00000121. The number of nitrogens with two attached hydrogens (primary N) is 1. The highest BCUT2D eigenvalue weighted by Crippen LogP contribution is 2.47. The predicted molar refractivity (Wildman–Crippen MR) is 111 cm³/mol. The van der Waals surface area contributed by atoms with Gasteiger partial charge >= 0.3 is 0 Å². The molecule has 3 N–H and O–H groups in total. The van der Waals surface area contributed by atoms with Crippen molar-refractivity contribution < 1.29 is 4.79 Å². The molecular formula is C20H31Cl2N3O. The van der Waals surface area contributed by atoms with Crippen LogP contribution in [0.5, 0.6) is 0 Å². The summed E-state index contributed by atoms with van der Waals surface area (Å²) in [4.78, 5) is 15.2. The second-order valence-corrected chi connectivity index (χ2v) is 7.96. The monoisotopic (exact) mass is 399 g/mol. The van der Waals surface area contributed by atoms with E-state index in [-0.39, 0.29) is 48.7 Å². The molecule has 2 bridgehead atoms. The molecule has 5 atom stereocenters. The maximum atomic E-state index is 12.8. The van der Waals surface area contributed by atoms with Crippen LogP contribution in [-0.4, -0.2) is 25.0 Å². The van der Waals surface area contributed by atoms with E-state index >= 15 is 0 Å². The van der Waals surface area contributed by atoms with Gasteiger partial charge < -0.3 is 16.0 Å². The van der Waals surface area contributed by atoms with Gasteiger partial charge in [0.15, 0.2) is 0 Å². The molecule has 2 aliphatic carbocycles. The normalized spacial score (nSPS) is 30.5. The van der Waals surface area contributed by atoms with Gasteiger partial charge in [-0.25, -0.2) is 0 Å². The lowest BCUT2D eigenvalue weighted by Crippen LogP contribution is -2.45. The standard InChI is InChI=1S/C20H29N3O.2ClH/c1-13(14-5-4-6-17(12-14)23-9-2-3-10-23)22-20(24)18-15-7-8-16(11-15)19(18)21;;/h4-6,12-13,15-16,18-19H,2-3,7-11,21H2,1H3,(H,22,24);2*1H. The highest BCUT2D eigenvalue weighted by atomic mass is 35.5. The maximum absolute atomic E-state index is 12.8. The molecule has 1 aromatic rings. The number of halogens is 2. The molecule has 2 saturated carbocycles. The van der Waals surface area contributed by atoms with Crippen molar-refractivity contribution in [1.82, 2.24) is 5.32 Å². The molecule has 146 valence electrons. The molecule has 26 heavy (non-hydrogen) atoms. The number of hydrogen-bond donors (Lipinski definition) is 2. The van der Waals surface area contributed by atoms with Crippen molar-refractivity contribution in [2.75, 3.05) is 18.0 Å². The Labute approximate surface area is 169 Å². The summed E-state index contributed by atoms with van der Waals surface area (Å²) >= 11 is 0. The van der Waals surface area contributed by atoms with E-state index in [2.05, 4.69) is 41.4 Å². The molecule has 6 heteroatoms. The van der Waals surface area contributed by atoms with Gasteiger partial charge in [0.05, 0.1) is 12.0 Å². The number of carbonyl (C=O) groups is 1. The second kappa shape index (κ2) is 8.81. The lowest BCUT2D eigenvalue weighted by Gasteiger charge is -2.28. The van der Waals surface area contributed by atoms with E-state index in [9.17, 15) is 4.79 Å². The van der Waals surface area contributed by atoms with Crippen LogP contribution < -0.4 is 16.0 Å².